The summed E-state index contributed by atoms with van der Waals surface area (Å²) in [6, 6.07) is 0. The molecule has 1 fully saturated rings. The third kappa shape index (κ3) is 2.85. The number of hydrogen-bond donors (Lipinski definition) is 1. The minimum atomic E-state index is 0.552. The normalized spacial score (nSPS) is 17.6. The van der Waals surface area contributed by atoms with Crippen LogP contribution in [0.25, 0.3) is 0 Å². The largest absolute Gasteiger partial charge is 0.316 e. The van der Waals surface area contributed by atoms with Crippen molar-refractivity contribution in [1.82, 2.24) is 15.1 Å². The number of nitrogens with zero attached hydrogens (tertiary/aromatic N) is 2. The molecule has 0 unspecified atom stereocenters. The second kappa shape index (κ2) is 5.00. The molecule has 16 heavy (non-hydrogen) atoms. The first-order valence-electron chi connectivity index (χ1n) is 6.50. The summed E-state index contributed by atoms with van der Waals surface area (Å²) in [5.74, 6) is 0. The highest BCUT2D eigenvalue weighted by molar-refractivity contribution is 5.12. The van der Waals surface area contributed by atoms with E-state index in [1.54, 1.807) is 0 Å². The zero-order chi connectivity index (χ0) is 11.4. The van der Waals surface area contributed by atoms with Crippen LogP contribution in [0.3, 0.4) is 0 Å². The van der Waals surface area contributed by atoms with Crippen molar-refractivity contribution >= 4 is 0 Å². The van der Waals surface area contributed by atoms with E-state index in [1.165, 1.54) is 37.8 Å². The SMILES string of the molecule is CCCNCC1(Cc2cnn(CC)c2)CC1. The van der Waals surface area contributed by atoms with Crippen LogP contribution in [0.1, 0.15) is 38.7 Å². The van der Waals surface area contributed by atoms with Crippen molar-refractivity contribution in [1.29, 1.82) is 0 Å². The number of nitrogens with one attached hydrogen (secondary N) is 1. The molecule has 1 heterocycles. The predicted octanol–water partition coefficient (Wildman–Crippen LogP) is 2.23. The summed E-state index contributed by atoms with van der Waals surface area (Å²) in [6.45, 7) is 7.65. The molecule has 3 heteroatoms. The molecule has 0 amide bonds. The van der Waals surface area contributed by atoms with Crippen LogP contribution in [0.2, 0.25) is 0 Å². The number of aryl methyl sites for hydroxylation is 1. The molecule has 0 aliphatic heterocycles. The lowest BCUT2D eigenvalue weighted by molar-refractivity contribution is 0.455. The molecule has 0 bridgehead atoms. The Kier molecular flexibility index (Phi) is 3.64. The minimum absolute atomic E-state index is 0.552. The number of rotatable bonds is 7. The molecule has 1 aromatic rings. The van der Waals surface area contributed by atoms with E-state index >= 15 is 0 Å². The van der Waals surface area contributed by atoms with E-state index in [-0.39, 0.29) is 0 Å². The third-order valence-corrected chi connectivity index (χ3v) is 3.47. The van der Waals surface area contributed by atoms with Gasteiger partial charge in [0.05, 0.1) is 6.20 Å². The van der Waals surface area contributed by atoms with Crippen LogP contribution in [-0.4, -0.2) is 22.9 Å². The van der Waals surface area contributed by atoms with Crippen molar-refractivity contribution in [3.8, 4) is 0 Å². The summed E-state index contributed by atoms with van der Waals surface area (Å²) in [6.07, 6.45) is 9.40. The maximum absolute atomic E-state index is 4.34. The van der Waals surface area contributed by atoms with Gasteiger partial charge in [0.1, 0.15) is 0 Å². The monoisotopic (exact) mass is 221 g/mol. The van der Waals surface area contributed by atoms with E-state index < -0.39 is 0 Å². The highest BCUT2D eigenvalue weighted by Crippen LogP contribution is 2.47. The molecular weight excluding hydrogens is 198 g/mol. The molecule has 2 rings (SSSR count). The van der Waals surface area contributed by atoms with Crippen molar-refractivity contribution in [3.63, 3.8) is 0 Å². The number of hydrogen-bond acceptors (Lipinski definition) is 2. The van der Waals surface area contributed by atoms with Crippen LogP contribution < -0.4 is 5.32 Å². The fourth-order valence-corrected chi connectivity index (χ4v) is 2.23. The molecule has 1 N–H and O–H groups in total. The van der Waals surface area contributed by atoms with Crippen molar-refractivity contribution in [2.45, 2.75) is 46.1 Å². The van der Waals surface area contributed by atoms with E-state index in [4.69, 9.17) is 0 Å². The summed E-state index contributed by atoms with van der Waals surface area (Å²) >= 11 is 0. The molecule has 0 atom stereocenters. The van der Waals surface area contributed by atoms with E-state index in [2.05, 4.69) is 30.5 Å². The highest BCUT2D eigenvalue weighted by Gasteiger charge is 2.42. The van der Waals surface area contributed by atoms with Gasteiger partial charge >= 0.3 is 0 Å². The second-order valence-corrected chi connectivity index (χ2v) is 5.06. The minimum Gasteiger partial charge on any atom is -0.316 e. The van der Waals surface area contributed by atoms with Crippen molar-refractivity contribution in [2.75, 3.05) is 13.1 Å². The molecule has 90 valence electrons. The molecule has 0 aromatic carbocycles. The first-order valence-corrected chi connectivity index (χ1v) is 6.50. The molecular formula is C13H23N3. The van der Waals surface area contributed by atoms with Gasteiger partial charge in [-0.3, -0.25) is 4.68 Å². The molecule has 1 aromatic heterocycles. The van der Waals surface area contributed by atoms with Crippen LogP contribution in [0.4, 0.5) is 0 Å². The first kappa shape index (κ1) is 11.6. The topological polar surface area (TPSA) is 29.9 Å². The van der Waals surface area contributed by atoms with Crippen molar-refractivity contribution in [3.05, 3.63) is 18.0 Å². The van der Waals surface area contributed by atoms with Crippen LogP contribution in [-0.2, 0) is 13.0 Å². The van der Waals surface area contributed by atoms with Gasteiger partial charge in [0, 0.05) is 19.3 Å². The standard InChI is InChI=1S/C13H23N3/c1-3-7-14-11-13(5-6-13)8-12-9-15-16(4-2)10-12/h9-10,14H,3-8,11H2,1-2H3. The van der Waals surface area contributed by atoms with Gasteiger partial charge in [0.15, 0.2) is 0 Å². The lowest BCUT2D eigenvalue weighted by Gasteiger charge is -2.14. The first-order chi connectivity index (χ1) is 7.78. The third-order valence-electron chi connectivity index (χ3n) is 3.47. The van der Waals surface area contributed by atoms with Crippen LogP contribution in [0.5, 0.6) is 0 Å². The molecule has 1 aliphatic rings. The van der Waals surface area contributed by atoms with Crippen LogP contribution in [0.15, 0.2) is 12.4 Å². The molecule has 1 aliphatic carbocycles. The summed E-state index contributed by atoms with van der Waals surface area (Å²) < 4.78 is 2.02. The van der Waals surface area contributed by atoms with E-state index in [1.807, 2.05) is 10.9 Å². The molecule has 0 radical (unpaired) electrons. The van der Waals surface area contributed by atoms with E-state index in [0.717, 1.165) is 13.1 Å². The van der Waals surface area contributed by atoms with Crippen LogP contribution >= 0.6 is 0 Å². The summed E-state index contributed by atoms with van der Waals surface area (Å²) in [7, 11) is 0. The molecule has 0 saturated heterocycles. The Morgan fingerprint density at radius 1 is 1.44 bits per heavy atom. The average Bonchev–Trinajstić information content (AvgIpc) is 2.89. The van der Waals surface area contributed by atoms with Gasteiger partial charge in [-0.15, -0.1) is 0 Å². The molecule has 0 spiro atoms. The maximum atomic E-state index is 4.34. The average molecular weight is 221 g/mol. The highest BCUT2D eigenvalue weighted by atomic mass is 15.3. The summed E-state index contributed by atoms with van der Waals surface area (Å²) in [5.41, 5.74) is 1.95. The molecule has 1 saturated carbocycles. The van der Waals surface area contributed by atoms with Crippen molar-refractivity contribution < 1.29 is 0 Å². The van der Waals surface area contributed by atoms with E-state index in [9.17, 15) is 0 Å². The Labute approximate surface area is 98.2 Å². The van der Waals surface area contributed by atoms with E-state index in [0.29, 0.717) is 5.41 Å². The van der Waals surface area contributed by atoms with Crippen LogP contribution in [0, 0.1) is 5.41 Å². The Morgan fingerprint density at radius 3 is 2.81 bits per heavy atom. The van der Waals surface area contributed by atoms with Gasteiger partial charge in [-0.25, -0.2) is 0 Å². The Balaban J connectivity index is 1.83. The lowest BCUT2D eigenvalue weighted by Crippen LogP contribution is -2.26. The quantitative estimate of drug-likeness (QED) is 0.716. The van der Waals surface area contributed by atoms with Gasteiger partial charge in [0.2, 0.25) is 0 Å². The second-order valence-electron chi connectivity index (χ2n) is 5.06. The Hall–Kier alpha value is -0.830. The van der Waals surface area contributed by atoms with Gasteiger partial charge in [-0.05, 0) is 50.1 Å². The zero-order valence-electron chi connectivity index (χ0n) is 10.5. The molecule has 3 nitrogen and oxygen atoms in total. The predicted molar refractivity (Wildman–Crippen MR) is 66.4 cm³/mol. The fraction of sp³-hybridized carbons (Fsp3) is 0.769. The number of aromatic nitrogens is 2. The Morgan fingerprint density at radius 2 is 2.25 bits per heavy atom. The van der Waals surface area contributed by atoms with Gasteiger partial charge < -0.3 is 5.32 Å². The van der Waals surface area contributed by atoms with Gasteiger partial charge in [-0.1, -0.05) is 6.92 Å². The van der Waals surface area contributed by atoms with Gasteiger partial charge in [0.25, 0.3) is 0 Å². The summed E-state index contributed by atoms with van der Waals surface area (Å²) in [4.78, 5) is 0. The summed E-state index contributed by atoms with van der Waals surface area (Å²) in [5, 5.41) is 7.89. The fourth-order valence-electron chi connectivity index (χ4n) is 2.23. The van der Waals surface area contributed by atoms with Gasteiger partial charge in [-0.2, -0.15) is 5.10 Å². The van der Waals surface area contributed by atoms with Crippen molar-refractivity contribution in [2.24, 2.45) is 5.41 Å². The smallest absolute Gasteiger partial charge is 0.0521 e. The zero-order valence-corrected chi connectivity index (χ0v) is 10.5. The Bertz CT molecular complexity index is 326. The lowest BCUT2D eigenvalue weighted by atomic mass is 9.98. The maximum Gasteiger partial charge on any atom is 0.0521 e.